The summed E-state index contributed by atoms with van der Waals surface area (Å²) in [6.07, 6.45) is 5.88. The van der Waals surface area contributed by atoms with Gasteiger partial charge in [0.1, 0.15) is 6.54 Å². The van der Waals surface area contributed by atoms with Gasteiger partial charge in [-0.25, -0.2) is 0 Å². The third kappa shape index (κ3) is 4.15. The highest BCUT2D eigenvalue weighted by atomic mass is 16.2. The first kappa shape index (κ1) is 17.4. The van der Waals surface area contributed by atoms with Crippen molar-refractivity contribution in [3.63, 3.8) is 0 Å². The molecule has 7 heteroatoms. The van der Waals surface area contributed by atoms with Gasteiger partial charge in [-0.05, 0) is 42.3 Å². The molecule has 1 aliphatic carbocycles. The van der Waals surface area contributed by atoms with Gasteiger partial charge < -0.3 is 9.80 Å². The summed E-state index contributed by atoms with van der Waals surface area (Å²) in [6.45, 7) is 0.135. The number of likely N-dealkylation sites (N-methyl/N-ethyl adjacent to an activating group) is 1. The smallest absolute Gasteiger partial charge is 0.246 e. The summed E-state index contributed by atoms with van der Waals surface area (Å²) >= 11 is 0. The summed E-state index contributed by atoms with van der Waals surface area (Å²) in [5.74, 6) is 0.581. The van der Waals surface area contributed by atoms with Gasteiger partial charge in [-0.1, -0.05) is 19.3 Å². The lowest BCUT2D eigenvalue weighted by Crippen LogP contribution is -2.40. The summed E-state index contributed by atoms with van der Waals surface area (Å²) < 4.78 is 0. The van der Waals surface area contributed by atoms with Crippen molar-refractivity contribution >= 4 is 11.6 Å². The molecule has 3 rings (SSSR count). The number of rotatable bonds is 5. The molecule has 1 heterocycles. The van der Waals surface area contributed by atoms with Crippen LogP contribution in [0.25, 0.3) is 11.4 Å². The normalized spacial score (nSPS) is 15.2. The Labute approximate surface area is 148 Å². The van der Waals surface area contributed by atoms with E-state index in [9.17, 15) is 4.79 Å². The number of hydrogen-bond donors (Lipinski definition) is 0. The summed E-state index contributed by atoms with van der Waals surface area (Å²) in [6, 6.07) is 8.30. The Bertz CT molecular complexity index is 703. The lowest BCUT2D eigenvalue weighted by molar-refractivity contribution is -0.133. The number of carbonyl (C=O) groups is 1. The number of aromatic nitrogens is 4. The van der Waals surface area contributed by atoms with Crippen LogP contribution in [-0.2, 0) is 11.3 Å². The van der Waals surface area contributed by atoms with Crippen LogP contribution in [0.2, 0.25) is 0 Å². The van der Waals surface area contributed by atoms with Gasteiger partial charge in [0.25, 0.3) is 0 Å². The van der Waals surface area contributed by atoms with Crippen molar-refractivity contribution in [3.05, 3.63) is 24.3 Å². The van der Waals surface area contributed by atoms with E-state index < -0.39 is 0 Å². The first-order valence-corrected chi connectivity index (χ1v) is 8.86. The van der Waals surface area contributed by atoms with Crippen LogP contribution in [0.5, 0.6) is 0 Å². The molecule has 1 aromatic heterocycles. The van der Waals surface area contributed by atoms with Crippen LogP contribution in [0.15, 0.2) is 24.3 Å². The maximum Gasteiger partial charge on any atom is 0.246 e. The largest absolute Gasteiger partial charge is 0.378 e. The Morgan fingerprint density at radius 3 is 2.44 bits per heavy atom. The van der Waals surface area contributed by atoms with Crippen molar-refractivity contribution in [2.75, 3.05) is 26.0 Å². The van der Waals surface area contributed by atoms with E-state index in [1.54, 1.807) is 0 Å². The minimum Gasteiger partial charge on any atom is -0.378 e. The number of amides is 1. The standard InChI is InChI=1S/C18H26N6O/c1-22(2)15-11-9-14(10-12-15)18-19-21-24(20-18)13-17(25)23(3)16-7-5-4-6-8-16/h9-12,16H,4-8,13H2,1-3H3. The minimum absolute atomic E-state index is 0.0406. The molecule has 0 unspecified atom stereocenters. The van der Waals surface area contributed by atoms with Crippen LogP contribution < -0.4 is 4.90 Å². The van der Waals surface area contributed by atoms with Crippen LogP contribution in [-0.4, -0.2) is 58.2 Å². The number of anilines is 1. The second-order valence-electron chi connectivity index (χ2n) is 6.88. The van der Waals surface area contributed by atoms with E-state index in [2.05, 4.69) is 15.4 Å². The van der Waals surface area contributed by atoms with E-state index in [0.29, 0.717) is 11.9 Å². The average Bonchev–Trinajstić information content (AvgIpc) is 3.10. The molecule has 7 nitrogen and oxygen atoms in total. The molecule has 1 fully saturated rings. The molecule has 0 aliphatic heterocycles. The monoisotopic (exact) mass is 342 g/mol. The molecule has 0 bridgehead atoms. The summed E-state index contributed by atoms with van der Waals surface area (Å²) in [5.41, 5.74) is 2.00. The van der Waals surface area contributed by atoms with Crippen LogP contribution >= 0.6 is 0 Å². The van der Waals surface area contributed by atoms with Crippen molar-refractivity contribution in [1.82, 2.24) is 25.1 Å². The van der Waals surface area contributed by atoms with Crippen molar-refractivity contribution in [2.45, 2.75) is 44.7 Å². The van der Waals surface area contributed by atoms with Crippen LogP contribution in [0, 0.1) is 0 Å². The highest BCUT2D eigenvalue weighted by Crippen LogP contribution is 2.22. The van der Waals surface area contributed by atoms with Crippen molar-refractivity contribution in [1.29, 1.82) is 0 Å². The molecule has 134 valence electrons. The average molecular weight is 342 g/mol. The lowest BCUT2D eigenvalue weighted by Gasteiger charge is -2.31. The van der Waals surface area contributed by atoms with Gasteiger partial charge in [0.15, 0.2) is 0 Å². The third-order valence-electron chi connectivity index (χ3n) is 4.89. The molecule has 2 aromatic rings. The van der Waals surface area contributed by atoms with E-state index in [4.69, 9.17) is 0 Å². The highest BCUT2D eigenvalue weighted by Gasteiger charge is 2.22. The number of nitrogens with zero attached hydrogens (tertiary/aromatic N) is 6. The molecule has 0 spiro atoms. The Hall–Kier alpha value is -2.44. The minimum atomic E-state index is 0.0406. The lowest BCUT2D eigenvalue weighted by atomic mass is 9.94. The number of tetrazole rings is 1. The molecule has 1 saturated carbocycles. The van der Waals surface area contributed by atoms with E-state index >= 15 is 0 Å². The number of hydrogen-bond acceptors (Lipinski definition) is 5. The summed E-state index contributed by atoms with van der Waals surface area (Å²) in [4.78, 5) is 17.7. The van der Waals surface area contributed by atoms with Gasteiger partial charge in [0, 0.05) is 38.4 Å². The van der Waals surface area contributed by atoms with Crippen LogP contribution in [0.1, 0.15) is 32.1 Å². The molecule has 0 radical (unpaired) electrons. The fourth-order valence-electron chi connectivity index (χ4n) is 3.24. The molecule has 0 atom stereocenters. The second-order valence-corrected chi connectivity index (χ2v) is 6.88. The van der Waals surface area contributed by atoms with Crippen molar-refractivity contribution in [2.24, 2.45) is 0 Å². The molecule has 0 N–H and O–H groups in total. The van der Waals surface area contributed by atoms with Gasteiger partial charge in [-0.3, -0.25) is 4.79 Å². The second kappa shape index (κ2) is 7.63. The number of carbonyl (C=O) groups excluding carboxylic acids is 1. The zero-order valence-corrected chi connectivity index (χ0v) is 15.2. The van der Waals surface area contributed by atoms with Gasteiger partial charge in [0.2, 0.25) is 11.7 Å². The SMILES string of the molecule is CN(C)c1ccc(-c2nnn(CC(=O)N(C)C3CCCCC3)n2)cc1. The first-order valence-electron chi connectivity index (χ1n) is 8.86. The Morgan fingerprint density at radius 2 is 1.80 bits per heavy atom. The number of benzene rings is 1. The fraction of sp³-hybridized carbons (Fsp3) is 0.556. The summed E-state index contributed by atoms with van der Waals surface area (Å²) in [5, 5.41) is 12.5. The van der Waals surface area contributed by atoms with Gasteiger partial charge in [-0.2, -0.15) is 4.80 Å². The van der Waals surface area contributed by atoms with Crippen molar-refractivity contribution < 1.29 is 4.79 Å². The van der Waals surface area contributed by atoms with Crippen LogP contribution in [0.3, 0.4) is 0 Å². The molecular weight excluding hydrogens is 316 g/mol. The Morgan fingerprint density at radius 1 is 1.12 bits per heavy atom. The maximum absolute atomic E-state index is 12.5. The van der Waals surface area contributed by atoms with Gasteiger partial charge in [0.05, 0.1) is 0 Å². The highest BCUT2D eigenvalue weighted by molar-refractivity contribution is 5.75. The summed E-state index contributed by atoms with van der Waals surface area (Å²) in [7, 11) is 5.88. The predicted molar refractivity (Wildman–Crippen MR) is 97.2 cm³/mol. The zero-order valence-electron chi connectivity index (χ0n) is 15.2. The third-order valence-corrected chi connectivity index (χ3v) is 4.89. The zero-order chi connectivity index (χ0) is 17.8. The van der Waals surface area contributed by atoms with Gasteiger partial charge >= 0.3 is 0 Å². The maximum atomic E-state index is 12.5. The molecule has 1 aromatic carbocycles. The van der Waals surface area contributed by atoms with E-state index in [1.807, 2.05) is 55.2 Å². The fourth-order valence-corrected chi connectivity index (χ4v) is 3.24. The first-order chi connectivity index (χ1) is 12.0. The van der Waals surface area contributed by atoms with E-state index in [1.165, 1.54) is 24.1 Å². The predicted octanol–water partition coefficient (Wildman–Crippen LogP) is 2.20. The molecule has 25 heavy (non-hydrogen) atoms. The molecule has 1 amide bonds. The Kier molecular flexibility index (Phi) is 5.31. The van der Waals surface area contributed by atoms with Crippen molar-refractivity contribution in [3.8, 4) is 11.4 Å². The molecule has 0 saturated heterocycles. The Balaban J connectivity index is 1.63. The van der Waals surface area contributed by atoms with Gasteiger partial charge in [-0.15, -0.1) is 10.2 Å². The quantitative estimate of drug-likeness (QED) is 0.833. The molecular formula is C18H26N6O. The van der Waals surface area contributed by atoms with Crippen LogP contribution in [0.4, 0.5) is 5.69 Å². The van der Waals surface area contributed by atoms with E-state index in [0.717, 1.165) is 24.1 Å². The van der Waals surface area contributed by atoms with E-state index in [-0.39, 0.29) is 12.5 Å². The topological polar surface area (TPSA) is 67.2 Å². The molecule has 1 aliphatic rings.